The van der Waals surface area contributed by atoms with Gasteiger partial charge in [-0.1, -0.05) is 36.4 Å². The number of hydrogen-bond acceptors (Lipinski definition) is 5. The quantitative estimate of drug-likeness (QED) is 0.561. The van der Waals surface area contributed by atoms with Crippen molar-refractivity contribution in [1.82, 2.24) is 19.7 Å². The Morgan fingerprint density at radius 2 is 1.90 bits per heavy atom. The van der Waals surface area contributed by atoms with Crippen LogP contribution in [0.1, 0.15) is 24.0 Å². The van der Waals surface area contributed by atoms with Gasteiger partial charge >= 0.3 is 0 Å². The molecule has 29 heavy (non-hydrogen) atoms. The Kier molecular flexibility index (Phi) is 3.80. The summed E-state index contributed by atoms with van der Waals surface area (Å²) < 4.78 is 15.9. The van der Waals surface area contributed by atoms with Crippen LogP contribution in [0, 0.1) is 5.82 Å². The molecule has 0 saturated carbocycles. The fraction of sp³-hybridized carbons (Fsp3) is 0.143. The van der Waals surface area contributed by atoms with Crippen molar-refractivity contribution in [2.45, 2.75) is 19.4 Å². The van der Waals surface area contributed by atoms with Gasteiger partial charge < -0.3 is 11.1 Å². The summed E-state index contributed by atoms with van der Waals surface area (Å²) in [5.74, 6) is 0.145. The van der Waals surface area contributed by atoms with E-state index in [0.717, 1.165) is 10.9 Å². The normalized spacial score (nSPS) is 15.5. The summed E-state index contributed by atoms with van der Waals surface area (Å²) in [6.45, 7) is 2.03. The Labute approximate surface area is 165 Å². The highest BCUT2D eigenvalue weighted by molar-refractivity contribution is 6.03. The predicted molar refractivity (Wildman–Crippen MR) is 108 cm³/mol. The first kappa shape index (κ1) is 17.3. The van der Waals surface area contributed by atoms with E-state index in [-0.39, 0.29) is 24.1 Å². The molecule has 3 N–H and O–H groups in total. The number of hydrogen-bond donors (Lipinski definition) is 2. The number of fused-ring (bicyclic) bond motifs is 2. The fourth-order valence-corrected chi connectivity index (χ4v) is 3.67. The molecule has 144 valence electrons. The zero-order chi connectivity index (χ0) is 20.1. The number of amides is 1. The molecule has 0 radical (unpaired) electrons. The molecular weight excluding hydrogens is 371 g/mol. The second-order valence-corrected chi connectivity index (χ2v) is 7.02. The van der Waals surface area contributed by atoms with Crippen LogP contribution in [-0.4, -0.2) is 25.7 Å². The van der Waals surface area contributed by atoms with E-state index >= 15 is 0 Å². The van der Waals surface area contributed by atoms with Crippen molar-refractivity contribution >= 4 is 28.4 Å². The number of carbonyl (C=O) groups is 1. The van der Waals surface area contributed by atoms with Gasteiger partial charge in [0.05, 0.1) is 18.0 Å². The topological polar surface area (TPSA) is 98.7 Å². The molecular formula is C21H17FN6O. The first-order valence-electron chi connectivity index (χ1n) is 9.20. The third-order valence-electron chi connectivity index (χ3n) is 5.19. The average Bonchev–Trinajstić information content (AvgIpc) is 3.21. The molecule has 2 aromatic carbocycles. The third-order valence-corrected chi connectivity index (χ3v) is 5.19. The second kappa shape index (κ2) is 6.37. The molecule has 0 spiro atoms. The third kappa shape index (κ3) is 2.72. The number of para-hydroxylation sites is 1. The van der Waals surface area contributed by atoms with Crippen LogP contribution in [0.25, 0.3) is 22.4 Å². The van der Waals surface area contributed by atoms with Gasteiger partial charge in [-0.15, -0.1) is 0 Å². The maximum absolute atomic E-state index is 14.2. The molecule has 4 aromatic rings. The average molecular weight is 388 g/mol. The summed E-state index contributed by atoms with van der Waals surface area (Å²) in [7, 11) is 0. The summed E-state index contributed by atoms with van der Waals surface area (Å²) in [5.41, 5.74) is 8.62. The minimum atomic E-state index is -0.394. The molecule has 1 aliphatic rings. The molecule has 2 aromatic heterocycles. The van der Waals surface area contributed by atoms with Crippen molar-refractivity contribution in [2.75, 3.05) is 11.1 Å². The van der Waals surface area contributed by atoms with E-state index in [1.54, 1.807) is 29.8 Å². The highest BCUT2D eigenvalue weighted by Crippen LogP contribution is 2.36. The number of aromatic nitrogens is 4. The minimum Gasteiger partial charge on any atom is -0.383 e. The maximum Gasteiger partial charge on any atom is 0.233 e. The zero-order valence-electron chi connectivity index (χ0n) is 15.6. The molecule has 1 aliphatic heterocycles. The lowest BCUT2D eigenvalue weighted by atomic mass is 10.1. The van der Waals surface area contributed by atoms with E-state index in [1.807, 2.05) is 24.3 Å². The van der Waals surface area contributed by atoms with E-state index in [1.165, 1.54) is 6.07 Å². The Balaban J connectivity index is 1.66. The van der Waals surface area contributed by atoms with Crippen LogP contribution in [0.15, 0.2) is 48.5 Å². The number of nitrogens with one attached hydrogen (secondary N) is 1. The monoisotopic (exact) mass is 388 g/mol. The van der Waals surface area contributed by atoms with Gasteiger partial charge in [0.25, 0.3) is 0 Å². The molecule has 5 rings (SSSR count). The van der Waals surface area contributed by atoms with Crippen molar-refractivity contribution in [1.29, 1.82) is 0 Å². The summed E-state index contributed by atoms with van der Waals surface area (Å²) in [6, 6.07) is 14.2. The molecule has 0 fully saturated rings. The zero-order valence-corrected chi connectivity index (χ0v) is 15.6. The number of nitrogen functional groups attached to an aromatic ring is 1. The molecule has 0 aliphatic carbocycles. The van der Waals surface area contributed by atoms with Gasteiger partial charge in [0, 0.05) is 16.5 Å². The summed E-state index contributed by atoms with van der Waals surface area (Å²) in [5, 5.41) is 8.22. The highest BCUT2D eigenvalue weighted by atomic mass is 19.1. The molecule has 7 nitrogen and oxygen atoms in total. The van der Waals surface area contributed by atoms with Crippen LogP contribution in [-0.2, 0) is 11.3 Å². The Morgan fingerprint density at radius 3 is 2.72 bits per heavy atom. The van der Waals surface area contributed by atoms with Crippen LogP contribution in [0.4, 0.5) is 16.0 Å². The lowest BCUT2D eigenvalue weighted by molar-refractivity contribution is -0.116. The molecule has 8 heteroatoms. The van der Waals surface area contributed by atoms with Crippen LogP contribution in [0.5, 0.6) is 0 Å². The van der Waals surface area contributed by atoms with E-state index in [2.05, 4.69) is 20.4 Å². The standard InChI is InChI=1S/C21H17FN6O/c1-11-16-18(23)24-20(25-19(16)26-21(11)29)17-13-7-3-5-9-15(13)28(27-17)10-12-6-2-4-8-14(12)22/h2-9,11H,10H2,1H3,(H3,23,24,25,26,29). The smallest absolute Gasteiger partial charge is 0.233 e. The van der Waals surface area contributed by atoms with Crippen molar-refractivity contribution in [3.05, 3.63) is 65.5 Å². The number of carbonyl (C=O) groups excluding carboxylic acids is 1. The lowest BCUT2D eigenvalue weighted by Gasteiger charge is -2.06. The van der Waals surface area contributed by atoms with Crippen LogP contribution >= 0.6 is 0 Å². The Hall–Kier alpha value is -3.81. The highest BCUT2D eigenvalue weighted by Gasteiger charge is 2.32. The van der Waals surface area contributed by atoms with Crippen LogP contribution < -0.4 is 11.1 Å². The van der Waals surface area contributed by atoms with E-state index in [4.69, 9.17) is 5.73 Å². The van der Waals surface area contributed by atoms with Crippen molar-refractivity contribution < 1.29 is 9.18 Å². The van der Waals surface area contributed by atoms with Gasteiger partial charge in [-0.25, -0.2) is 14.4 Å². The minimum absolute atomic E-state index is 0.159. The van der Waals surface area contributed by atoms with Crippen LogP contribution in [0.2, 0.25) is 0 Å². The van der Waals surface area contributed by atoms with Gasteiger partial charge in [-0.05, 0) is 19.1 Å². The maximum atomic E-state index is 14.2. The van der Waals surface area contributed by atoms with Gasteiger partial charge in [-0.3, -0.25) is 9.48 Å². The van der Waals surface area contributed by atoms with Crippen molar-refractivity contribution in [3.8, 4) is 11.5 Å². The Bertz CT molecular complexity index is 1280. The molecule has 3 heterocycles. The van der Waals surface area contributed by atoms with Gasteiger partial charge in [0.2, 0.25) is 5.91 Å². The fourth-order valence-electron chi connectivity index (χ4n) is 3.67. The SMILES string of the molecule is CC1C(=O)Nc2nc(-c3nn(Cc4ccccc4F)c4ccccc34)nc(N)c21. The van der Waals surface area contributed by atoms with Crippen LogP contribution in [0.3, 0.4) is 0 Å². The number of halogens is 1. The molecule has 1 unspecified atom stereocenters. The van der Waals surface area contributed by atoms with Gasteiger partial charge in [-0.2, -0.15) is 5.10 Å². The number of benzene rings is 2. The number of rotatable bonds is 3. The number of anilines is 2. The Morgan fingerprint density at radius 1 is 1.14 bits per heavy atom. The summed E-state index contributed by atoms with van der Waals surface area (Å²) in [6.07, 6.45) is 0. The van der Waals surface area contributed by atoms with Gasteiger partial charge in [0.15, 0.2) is 5.82 Å². The van der Waals surface area contributed by atoms with E-state index < -0.39 is 5.92 Å². The number of nitrogens with zero attached hydrogens (tertiary/aromatic N) is 4. The predicted octanol–water partition coefficient (Wildman–Crippen LogP) is 3.32. The summed E-state index contributed by atoms with van der Waals surface area (Å²) >= 11 is 0. The molecule has 1 atom stereocenters. The van der Waals surface area contributed by atoms with E-state index in [0.29, 0.717) is 28.5 Å². The largest absolute Gasteiger partial charge is 0.383 e. The molecule has 1 amide bonds. The second-order valence-electron chi connectivity index (χ2n) is 7.02. The van der Waals surface area contributed by atoms with Gasteiger partial charge in [0.1, 0.15) is 23.1 Å². The summed E-state index contributed by atoms with van der Waals surface area (Å²) in [4.78, 5) is 20.9. The first-order chi connectivity index (χ1) is 14.0. The molecule has 0 saturated heterocycles. The van der Waals surface area contributed by atoms with Crippen molar-refractivity contribution in [3.63, 3.8) is 0 Å². The van der Waals surface area contributed by atoms with E-state index in [9.17, 15) is 9.18 Å². The van der Waals surface area contributed by atoms with Crippen molar-refractivity contribution in [2.24, 2.45) is 0 Å². The lowest BCUT2D eigenvalue weighted by Crippen LogP contribution is -2.09. The number of nitrogens with two attached hydrogens (primary N) is 1. The molecule has 0 bridgehead atoms. The first-order valence-corrected chi connectivity index (χ1v) is 9.20.